The minimum atomic E-state index is 0.968. The number of fused-ring (bicyclic) bond motifs is 9. The zero-order valence-electron chi connectivity index (χ0n) is 18.0. The zero-order valence-corrected chi connectivity index (χ0v) is 18.0. The third-order valence-electron chi connectivity index (χ3n) is 7.24. The summed E-state index contributed by atoms with van der Waals surface area (Å²) < 4.78 is 4.98. The molecule has 0 bridgehead atoms. The molecular weight excluding hydrogens is 400 g/mol. The highest BCUT2D eigenvalue weighted by atomic mass is 15.0. The number of benzene rings is 4. The first-order chi connectivity index (χ1) is 16.4. The summed E-state index contributed by atoms with van der Waals surface area (Å²) in [6, 6.07) is 31.0. The molecule has 1 aliphatic carbocycles. The molecule has 0 saturated carbocycles. The Morgan fingerprint density at radius 1 is 0.515 bits per heavy atom. The second-order valence-corrected chi connectivity index (χ2v) is 8.95. The van der Waals surface area contributed by atoms with Gasteiger partial charge in [0.05, 0.1) is 33.3 Å². The predicted octanol–water partition coefficient (Wildman–Crippen LogP) is 8.19. The molecule has 154 valence electrons. The molecule has 0 spiro atoms. The van der Waals surface area contributed by atoms with Crippen molar-refractivity contribution in [2.45, 2.75) is 6.42 Å². The summed E-state index contributed by atoms with van der Waals surface area (Å²) in [4.78, 5) is 0. The van der Waals surface area contributed by atoms with Crippen molar-refractivity contribution in [3.05, 3.63) is 108 Å². The summed E-state index contributed by atoms with van der Waals surface area (Å²) in [7, 11) is 0. The molecule has 2 nitrogen and oxygen atoms in total. The van der Waals surface area contributed by atoms with E-state index in [2.05, 4.69) is 118 Å². The lowest BCUT2D eigenvalue weighted by Crippen LogP contribution is -1.99. The van der Waals surface area contributed by atoms with Crippen molar-refractivity contribution >= 4 is 55.9 Å². The van der Waals surface area contributed by atoms with Crippen molar-refractivity contribution in [3.8, 4) is 11.1 Å². The van der Waals surface area contributed by atoms with Crippen LogP contribution in [0.5, 0.6) is 0 Å². The fraction of sp³-hybridized carbons (Fsp3) is 0.0323. The van der Waals surface area contributed by atoms with E-state index in [4.69, 9.17) is 0 Å². The highest BCUT2D eigenvalue weighted by molar-refractivity contribution is 6.21. The second kappa shape index (κ2) is 6.14. The van der Waals surface area contributed by atoms with Crippen molar-refractivity contribution in [1.29, 1.82) is 0 Å². The van der Waals surface area contributed by atoms with Crippen molar-refractivity contribution in [2.24, 2.45) is 0 Å². The molecule has 0 saturated heterocycles. The van der Waals surface area contributed by atoms with Crippen LogP contribution >= 0.6 is 0 Å². The standard InChI is InChI=1S/C31H20N2/c1-3-9-20(10-4-1)21-15-18-28-29(19-21)33-27-13-6-2-5-11-22(27)25-17-16-24-23-12-7-8-14-26(23)32(28)30(24)31(25)33/h1,3-19H,2H2. The Morgan fingerprint density at radius 2 is 1.30 bits per heavy atom. The molecule has 7 aromatic rings. The van der Waals surface area contributed by atoms with E-state index in [1.54, 1.807) is 0 Å². The van der Waals surface area contributed by atoms with Crippen LogP contribution in [0.2, 0.25) is 0 Å². The average molecular weight is 421 g/mol. The maximum atomic E-state index is 2.50. The van der Waals surface area contributed by atoms with Crippen LogP contribution in [0.15, 0.2) is 97.1 Å². The lowest BCUT2D eigenvalue weighted by Gasteiger charge is -2.13. The summed E-state index contributed by atoms with van der Waals surface area (Å²) in [6.45, 7) is 0. The number of allylic oxidation sites excluding steroid dienone is 2. The Balaban J connectivity index is 1.69. The van der Waals surface area contributed by atoms with E-state index in [1.165, 1.54) is 66.1 Å². The third-order valence-corrected chi connectivity index (χ3v) is 7.24. The van der Waals surface area contributed by atoms with E-state index >= 15 is 0 Å². The monoisotopic (exact) mass is 420 g/mol. The van der Waals surface area contributed by atoms with Crippen LogP contribution in [0.1, 0.15) is 17.7 Å². The molecule has 8 rings (SSSR count). The van der Waals surface area contributed by atoms with Gasteiger partial charge in [0.2, 0.25) is 0 Å². The van der Waals surface area contributed by atoms with Crippen LogP contribution in [0, 0.1) is 0 Å². The topological polar surface area (TPSA) is 8.82 Å². The van der Waals surface area contributed by atoms with E-state index in [-0.39, 0.29) is 0 Å². The number of rotatable bonds is 1. The molecule has 33 heavy (non-hydrogen) atoms. The van der Waals surface area contributed by atoms with E-state index in [1.807, 2.05) is 0 Å². The van der Waals surface area contributed by atoms with Crippen molar-refractivity contribution in [3.63, 3.8) is 0 Å². The number of nitrogens with zero attached hydrogens (tertiary/aromatic N) is 2. The van der Waals surface area contributed by atoms with Gasteiger partial charge in [-0.2, -0.15) is 0 Å². The van der Waals surface area contributed by atoms with Gasteiger partial charge in [-0.05, 0) is 41.8 Å². The third kappa shape index (κ3) is 2.13. The van der Waals surface area contributed by atoms with Crippen LogP contribution in [0.25, 0.3) is 67.0 Å². The lowest BCUT2D eigenvalue weighted by molar-refractivity contribution is 1.20. The first-order valence-corrected chi connectivity index (χ1v) is 11.5. The number of hydrogen-bond donors (Lipinski definition) is 0. The normalized spacial score (nSPS) is 13.7. The first-order valence-electron chi connectivity index (χ1n) is 11.5. The number of hydrogen-bond acceptors (Lipinski definition) is 0. The highest BCUT2D eigenvalue weighted by Gasteiger charge is 2.23. The SMILES string of the molecule is C1=Cc2c(n3c4cc(-c5ccccc5)ccc4n4c5ccccc5c5ccc2c3c54)C=CC1. The van der Waals surface area contributed by atoms with Crippen molar-refractivity contribution < 1.29 is 0 Å². The Hall–Kier alpha value is -4.30. The van der Waals surface area contributed by atoms with Gasteiger partial charge in [-0.3, -0.25) is 0 Å². The summed E-state index contributed by atoms with van der Waals surface area (Å²) in [5.41, 5.74) is 11.4. The fourth-order valence-corrected chi connectivity index (χ4v) is 5.85. The maximum absolute atomic E-state index is 2.50. The Bertz CT molecular complexity index is 1930. The minimum absolute atomic E-state index is 0.968. The summed E-state index contributed by atoms with van der Waals surface area (Å²) in [5.74, 6) is 0. The van der Waals surface area contributed by atoms with Crippen LogP contribution in [0.4, 0.5) is 0 Å². The van der Waals surface area contributed by atoms with Gasteiger partial charge >= 0.3 is 0 Å². The van der Waals surface area contributed by atoms with Gasteiger partial charge in [-0.25, -0.2) is 0 Å². The maximum Gasteiger partial charge on any atom is 0.0789 e. The molecule has 1 aliphatic rings. The molecule has 0 aliphatic heterocycles. The van der Waals surface area contributed by atoms with Gasteiger partial charge < -0.3 is 8.80 Å². The van der Waals surface area contributed by atoms with E-state index in [9.17, 15) is 0 Å². The molecule has 3 heterocycles. The summed E-state index contributed by atoms with van der Waals surface area (Å²) in [5, 5.41) is 3.95. The van der Waals surface area contributed by atoms with Gasteiger partial charge in [0.15, 0.2) is 0 Å². The van der Waals surface area contributed by atoms with Gasteiger partial charge in [-0.15, -0.1) is 0 Å². The smallest absolute Gasteiger partial charge is 0.0789 e. The molecule has 0 radical (unpaired) electrons. The number of aromatic nitrogens is 2. The van der Waals surface area contributed by atoms with E-state index in [0.717, 1.165) is 6.42 Å². The van der Waals surface area contributed by atoms with Crippen molar-refractivity contribution in [1.82, 2.24) is 8.80 Å². The second-order valence-electron chi connectivity index (χ2n) is 8.95. The van der Waals surface area contributed by atoms with Crippen LogP contribution in [-0.4, -0.2) is 8.80 Å². The quantitative estimate of drug-likeness (QED) is 0.237. The molecule has 0 atom stereocenters. The summed E-state index contributed by atoms with van der Waals surface area (Å²) in [6.07, 6.45) is 10.1. The lowest BCUT2D eigenvalue weighted by atomic mass is 10.0. The molecule has 0 unspecified atom stereocenters. The van der Waals surface area contributed by atoms with Gasteiger partial charge in [-0.1, -0.05) is 85.0 Å². The molecule has 0 fully saturated rings. The number of para-hydroxylation sites is 1. The first kappa shape index (κ1) is 17.3. The predicted molar refractivity (Wildman–Crippen MR) is 140 cm³/mol. The molecular formula is C31H20N2. The zero-order chi connectivity index (χ0) is 21.5. The molecule has 0 N–H and O–H groups in total. The van der Waals surface area contributed by atoms with Gasteiger partial charge in [0, 0.05) is 21.7 Å². The molecule has 4 aromatic carbocycles. The van der Waals surface area contributed by atoms with E-state index < -0.39 is 0 Å². The average Bonchev–Trinajstić information content (AvgIpc) is 3.25. The minimum Gasteiger partial charge on any atom is -0.305 e. The van der Waals surface area contributed by atoms with Gasteiger partial charge in [0.1, 0.15) is 0 Å². The molecule has 2 heteroatoms. The van der Waals surface area contributed by atoms with Crippen LogP contribution in [0.3, 0.4) is 0 Å². The van der Waals surface area contributed by atoms with Gasteiger partial charge in [0.25, 0.3) is 0 Å². The fourth-order valence-electron chi connectivity index (χ4n) is 5.85. The van der Waals surface area contributed by atoms with E-state index in [0.29, 0.717) is 0 Å². The molecule has 3 aromatic heterocycles. The van der Waals surface area contributed by atoms with Crippen molar-refractivity contribution in [2.75, 3.05) is 0 Å². The Morgan fingerprint density at radius 3 is 2.24 bits per heavy atom. The van der Waals surface area contributed by atoms with Crippen LogP contribution in [-0.2, 0) is 0 Å². The highest BCUT2D eigenvalue weighted by Crippen LogP contribution is 2.42. The largest absolute Gasteiger partial charge is 0.305 e. The Labute approximate surface area is 190 Å². The summed E-state index contributed by atoms with van der Waals surface area (Å²) >= 11 is 0. The molecule has 0 amide bonds. The van der Waals surface area contributed by atoms with Crippen LogP contribution < -0.4 is 0 Å². The Kier molecular flexibility index (Phi) is 3.22.